The van der Waals surface area contributed by atoms with Crippen molar-refractivity contribution in [1.82, 2.24) is 20.4 Å². The molecule has 0 radical (unpaired) electrons. The zero-order chi connectivity index (χ0) is 20.0. The van der Waals surface area contributed by atoms with Gasteiger partial charge in [-0.2, -0.15) is 0 Å². The van der Waals surface area contributed by atoms with Crippen LogP contribution in [-0.4, -0.2) is 68.1 Å². The number of likely N-dealkylation sites (tertiary alicyclic amines) is 2. The third kappa shape index (κ3) is 5.53. The summed E-state index contributed by atoms with van der Waals surface area (Å²) in [5, 5.41) is 8.33. The predicted octanol–water partition coefficient (Wildman–Crippen LogP) is 3.61. The number of hydrogen-bond acceptors (Lipinski definition) is 3. The van der Waals surface area contributed by atoms with E-state index in [1.807, 2.05) is 19.2 Å². The zero-order valence-electron chi connectivity index (χ0n) is 17.1. The van der Waals surface area contributed by atoms with Gasteiger partial charge in [-0.05, 0) is 76.6 Å². The Labute approximate surface area is 179 Å². The molecular weight excluding hydrogens is 393 g/mol. The summed E-state index contributed by atoms with van der Waals surface area (Å²) in [6, 6.07) is 5.60. The molecule has 0 unspecified atom stereocenters. The van der Waals surface area contributed by atoms with Crippen LogP contribution >= 0.6 is 23.2 Å². The summed E-state index contributed by atoms with van der Waals surface area (Å²) in [5.74, 6) is 0.821. The number of aliphatic imine (C=N–C) groups is 1. The molecule has 0 aromatic heterocycles. The lowest BCUT2D eigenvalue weighted by atomic mass is 9.84. The first kappa shape index (κ1) is 21.7. The largest absolute Gasteiger partial charge is 0.355 e. The summed E-state index contributed by atoms with van der Waals surface area (Å²) in [6.07, 6.45) is 6.41. The Morgan fingerprint density at radius 1 is 1.07 bits per heavy atom. The molecular formula is C21H33Cl2N5. The van der Waals surface area contributed by atoms with Crippen LogP contribution in [-0.2, 0) is 6.54 Å². The maximum absolute atomic E-state index is 6.30. The fraction of sp³-hybridized carbons (Fsp3) is 0.667. The number of nitrogens with zero attached hydrogens (tertiary/aromatic N) is 3. The highest BCUT2D eigenvalue weighted by molar-refractivity contribution is 6.35. The molecule has 0 aliphatic carbocycles. The Morgan fingerprint density at radius 2 is 1.79 bits per heavy atom. The lowest BCUT2D eigenvalue weighted by Crippen LogP contribution is -2.62. The van der Waals surface area contributed by atoms with E-state index in [2.05, 4.69) is 32.5 Å². The van der Waals surface area contributed by atoms with Gasteiger partial charge >= 0.3 is 0 Å². The van der Waals surface area contributed by atoms with Gasteiger partial charge in [0.1, 0.15) is 0 Å². The van der Waals surface area contributed by atoms with Gasteiger partial charge in [0.15, 0.2) is 5.96 Å². The summed E-state index contributed by atoms with van der Waals surface area (Å²) < 4.78 is 0. The number of hydrogen-bond donors (Lipinski definition) is 2. The number of guanidine groups is 1. The lowest BCUT2D eigenvalue weighted by molar-refractivity contribution is 0.0173. The molecule has 3 rings (SSSR count). The van der Waals surface area contributed by atoms with E-state index in [1.165, 1.54) is 45.2 Å². The highest BCUT2D eigenvalue weighted by atomic mass is 35.5. The summed E-state index contributed by atoms with van der Waals surface area (Å²) in [5.41, 5.74) is 1.24. The maximum Gasteiger partial charge on any atom is 0.191 e. The molecule has 2 N–H and O–H groups in total. The topological polar surface area (TPSA) is 42.9 Å². The second kappa shape index (κ2) is 10.1. The molecule has 0 atom stereocenters. The molecule has 0 saturated carbocycles. The number of nitrogens with one attached hydrogen (secondary N) is 2. The molecule has 2 saturated heterocycles. The minimum atomic E-state index is 0.225. The third-order valence-electron chi connectivity index (χ3n) is 6.21. The van der Waals surface area contributed by atoms with Crippen molar-refractivity contribution in [3.05, 3.63) is 33.8 Å². The van der Waals surface area contributed by atoms with Crippen molar-refractivity contribution in [3.63, 3.8) is 0 Å². The highest BCUT2D eigenvalue weighted by Gasteiger charge is 2.39. The molecule has 0 amide bonds. The Kier molecular flexibility index (Phi) is 7.86. The minimum absolute atomic E-state index is 0.225. The predicted molar refractivity (Wildman–Crippen MR) is 120 cm³/mol. The standard InChI is InChI=1S/C21H33Cl2N5/c1-24-20(25-15-17-6-7-18(22)14-19(17)23)26-16-21(8-12-27(2)13-9-21)28-10-4-3-5-11-28/h6-7,14H,3-5,8-13,15-16H2,1-2H3,(H2,24,25,26). The van der Waals surface area contributed by atoms with Crippen LogP contribution in [0.1, 0.15) is 37.7 Å². The molecule has 28 heavy (non-hydrogen) atoms. The second-order valence-corrected chi connectivity index (χ2v) is 8.93. The minimum Gasteiger partial charge on any atom is -0.355 e. The lowest BCUT2D eigenvalue weighted by Gasteiger charge is -2.50. The smallest absolute Gasteiger partial charge is 0.191 e. The van der Waals surface area contributed by atoms with Crippen molar-refractivity contribution < 1.29 is 0 Å². The van der Waals surface area contributed by atoms with Gasteiger partial charge in [0.2, 0.25) is 0 Å². The van der Waals surface area contributed by atoms with E-state index in [1.54, 1.807) is 6.07 Å². The van der Waals surface area contributed by atoms with Crippen LogP contribution in [0.5, 0.6) is 0 Å². The molecule has 2 fully saturated rings. The van der Waals surface area contributed by atoms with E-state index in [0.717, 1.165) is 31.2 Å². The van der Waals surface area contributed by atoms with Gasteiger partial charge in [-0.15, -0.1) is 0 Å². The Morgan fingerprint density at radius 3 is 2.43 bits per heavy atom. The molecule has 2 heterocycles. The van der Waals surface area contributed by atoms with Gasteiger partial charge in [-0.25, -0.2) is 0 Å². The third-order valence-corrected chi connectivity index (χ3v) is 6.80. The van der Waals surface area contributed by atoms with Gasteiger partial charge in [0.05, 0.1) is 0 Å². The first-order valence-electron chi connectivity index (χ1n) is 10.3. The first-order chi connectivity index (χ1) is 13.5. The quantitative estimate of drug-likeness (QED) is 0.558. The first-order valence-corrected chi connectivity index (χ1v) is 11.1. The average molecular weight is 426 g/mol. The van der Waals surface area contributed by atoms with E-state index < -0.39 is 0 Å². The maximum atomic E-state index is 6.30. The van der Waals surface area contributed by atoms with Crippen molar-refractivity contribution in [2.24, 2.45) is 4.99 Å². The van der Waals surface area contributed by atoms with Crippen LogP contribution in [0.2, 0.25) is 10.0 Å². The van der Waals surface area contributed by atoms with Crippen molar-refractivity contribution in [2.75, 3.05) is 46.8 Å². The number of piperidine rings is 2. The SMILES string of the molecule is CN=C(NCc1ccc(Cl)cc1Cl)NCC1(N2CCCCC2)CCN(C)CC1. The van der Waals surface area contributed by atoms with E-state index in [4.69, 9.17) is 23.2 Å². The summed E-state index contributed by atoms with van der Waals surface area (Å²) >= 11 is 12.3. The van der Waals surface area contributed by atoms with Gasteiger partial charge in [-0.3, -0.25) is 9.89 Å². The number of benzene rings is 1. The Hall–Kier alpha value is -1.01. The van der Waals surface area contributed by atoms with E-state index >= 15 is 0 Å². The van der Waals surface area contributed by atoms with Crippen LogP contribution in [0.4, 0.5) is 0 Å². The molecule has 156 valence electrons. The van der Waals surface area contributed by atoms with E-state index in [9.17, 15) is 0 Å². The van der Waals surface area contributed by atoms with Gasteiger partial charge in [0, 0.05) is 35.7 Å². The van der Waals surface area contributed by atoms with Crippen molar-refractivity contribution in [1.29, 1.82) is 0 Å². The van der Waals surface area contributed by atoms with Crippen LogP contribution in [0, 0.1) is 0 Å². The van der Waals surface area contributed by atoms with Crippen LogP contribution in [0.15, 0.2) is 23.2 Å². The molecule has 1 aromatic rings. The molecule has 2 aliphatic rings. The average Bonchev–Trinajstić information content (AvgIpc) is 2.71. The zero-order valence-corrected chi connectivity index (χ0v) is 18.6. The number of rotatable bonds is 5. The molecule has 0 spiro atoms. The van der Waals surface area contributed by atoms with Crippen LogP contribution < -0.4 is 10.6 Å². The molecule has 5 nitrogen and oxygen atoms in total. The normalized spacial score (nSPS) is 21.5. The van der Waals surface area contributed by atoms with Crippen molar-refractivity contribution in [2.45, 2.75) is 44.2 Å². The molecule has 2 aliphatic heterocycles. The molecule has 7 heteroatoms. The summed E-state index contributed by atoms with van der Waals surface area (Å²) in [4.78, 5) is 9.60. The monoisotopic (exact) mass is 425 g/mol. The fourth-order valence-corrected chi connectivity index (χ4v) is 4.80. The van der Waals surface area contributed by atoms with Gasteiger partial charge in [-0.1, -0.05) is 35.7 Å². The van der Waals surface area contributed by atoms with Crippen LogP contribution in [0.3, 0.4) is 0 Å². The Balaban J connectivity index is 1.60. The Bertz CT molecular complexity index is 665. The van der Waals surface area contributed by atoms with E-state index in [0.29, 0.717) is 16.6 Å². The van der Waals surface area contributed by atoms with Crippen molar-refractivity contribution in [3.8, 4) is 0 Å². The highest BCUT2D eigenvalue weighted by Crippen LogP contribution is 2.30. The van der Waals surface area contributed by atoms with Gasteiger partial charge < -0.3 is 15.5 Å². The van der Waals surface area contributed by atoms with Crippen LogP contribution in [0.25, 0.3) is 0 Å². The van der Waals surface area contributed by atoms with Crippen molar-refractivity contribution >= 4 is 29.2 Å². The summed E-state index contributed by atoms with van der Waals surface area (Å²) in [6.45, 7) is 6.30. The molecule has 0 bridgehead atoms. The molecule has 1 aromatic carbocycles. The van der Waals surface area contributed by atoms with Gasteiger partial charge in [0.25, 0.3) is 0 Å². The summed E-state index contributed by atoms with van der Waals surface area (Å²) in [7, 11) is 4.05. The second-order valence-electron chi connectivity index (χ2n) is 8.09. The van der Waals surface area contributed by atoms with E-state index in [-0.39, 0.29) is 5.54 Å². The number of halogens is 2. The fourth-order valence-electron chi connectivity index (χ4n) is 4.32.